The van der Waals surface area contributed by atoms with E-state index < -0.39 is 55.5 Å². The number of esters is 1. The minimum absolute atomic E-state index is 0.111. The summed E-state index contributed by atoms with van der Waals surface area (Å²) in [6.45, 7) is 26.7. The third-order valence-corrected chi connectivity index (χ3v) is 12.1. The molecule has 2 atom stereocenters. The molecule has 1 heterocycles. The fourth-order valence-corrected chi connectivity index (χ4v) is 5.65. The Bertz CT molecular complexity index is 1530. The van der Waals surface area contributed by atoms with Gasteiger partial charge < -0.3 is 42.9 Å². The molecule has 2 aromatic rings. The van der Waals surface area contributed by atoms with Gasteiger partial charge in [-0.1, -0.05) is 20.8 Å². The molecule has 2 rings (SSSR count). The number of aliphatic hydroxyl groups is 1. The number of hydrogen-bond donors (Lipinski definition) is 2. The minimum atomic E-state index is -2.33. The first kappa shape index (κ1) is 42.5. The highest BCUT2D eigenvalue weighted by Crippen LogP contribution is 2.37. The molecule has 0 aliphatic heterocycles. The van der Waals surface area contributed by atoms with Crippen LogP contribution in [0.5, 0.6) is 5.75 Å². The number of imidazole rings is 1. The molecule has 14 heteroatoms. The second-order valence-electron chi connectivity index (χ2n) is 16.9. The Morgan fingerprint density at radius 1 is 0.860 bits per heavy atom. The number of hydrogen-bond acceptors (Lipinski definition) is 9. The smallest absolute Gasteiger partial charge is 0.437 e. The quantitative estimate of drug-likeness (QED) is 0.154. The number of carbonyl (C=O) groups excluding carboxylic acids is 3. The molecule has 0 saturated heterocycles. The summed E-state index contributed by atoms with van der Waals surface area (Å²) in [6, 6.07) is 7.07. The molecule has 1 aromatic heterocycles. The standard InChI is InChI=1S/C36H60N4O9Si/c1-33(2,3)46-29(42)28(41)23-45-25-18-16-24(17-19-25)27-22-40(30(39(27)13)38-32(44)48-35(7,8)9)21-26(49-50(14,15)36(10,11)12)20-37-31(43)47-34(4,5)6/h16-19,22,26,28,41H,20-21,23H2,1-15H3,(H,37,43). The molecule has 0 spiro atoms. The Morgan fingerprint density at radius 3 is 1.90 bits per heavy atom. The zero-order valence-corrected chi connectivity index (χ0v) is 33.7. The van der Waals surface area contributed by atoms with Crippen LogP contribution in [0.25, 0.3) is 11.3 Å². The van der Waals surface area contributed by atoms with E-state index in [9.17, 15) is 19.5 Å². The van der Waals surface area contributed by atoms with Crippen molar-refractivity contribution in [2.75, 3.05) is 13.2 Å². The monoisotopic (exact) mass is 720 g/mol. The molecule has 0 saturated carbocycles. The Morgan fingerprint density at radius 2 is 1.40 bits per heavy atom. The Labute approximate surface area is 298 Å². The van der Waals surface area contributed by atoms with Crippen LogP contribution in [-0.2, 0) is 37.0 Å². The molecule has 2 amide bonds. The van der Waals surface area contributed by atoms with Gasteiger partial charge in [-0.15, -0.1) is 4.99 Å². The van der Waals surface area contributed by atoms with Crippen molar-refractivity contribution in [2.45, 2.75) is 137 Å². The van der Waals surface area contributed by atoms with Gasteiger partial charge in [0.2, 0.25) is 5.62 Å². The average Bonchev–Trinajstić information content (AvgIpc) is 3.21. The summed E-state index contributed by atoms with van der Waals surface area (Å²) in [5, 5.41) is 12.9. The van der Waals surface area contributed by atoms with Crippen molar-refractivity contribution in [1.82, 2.24) is 14.5 Å². The predicted molar refractivity (Wildman–Crippen MR) is 194 cm³/mol. The van der Waals surface area contributed by atoms with Crippen LogP contribution in [0.4, 0.5) is 9.59 Å². The molecule has 0 radical (unpaired) electrons. The highest BCUT2D eigenvalue weighted by atomic mass is 28.4. The second-order valence-corrected chi connectivity index (χ2v) is 21.6. The van der Waals surface area contributed by atoms with Crippen molar-refractivity contribution in [2.24, 2.45) is 12.0 Å². The molecule has 50 heavy (non-hydrogen) atoms. The van der Waals surface area contributed by atoms with Gasteiger partial charge in [-0.3, -0.25) is 0 Å². The number of ether oxygens (including phenoxy) is 4. The number of benzene rings is 1. The molecule has 0 aliphatic rings. The van der Waals surface area contributed by atoms with E-state index in [0.29, 0.717) is 11.4 Å². The summed E-state index contributed by atoms with van der Waals surface area (Å²) < 4.78 is 32.3. The van der Waals surface area contributed by atoms with Crippen molar-refractivity contribution in [1.29, 1.82) is 0 Å². The molecule has 0 fully saturated rings. The highest BCUT2D eigenvalue weighted by molar-refractivity contribution is 6.74. The summed E-state index contributed by atoms with van der Waals surface area (Å²) in [4.78, 5) is 42.1. The number of nitrogens with one attached hydrogen (secondary N) is 1. The number of nitrogens with zero attached hydrogens (tertiary/aromatic N) is 3. The van der Waals surface area contributed by atoms with Gasteiger partial charge in [-0.2, -0.15) is 0 Å². The molecular formula is C36H60N4O9Si. The van der Waals surface area contributed by atoms with Crippen LogP contribution in [-0.4, -0.2) is 82.9 Å². The van der Waals surface area contributed by atoms with Crippen LogP contribution in [0.3, 0.4) is 0 Å². The van der Waals surface area contributed by atoms with Gasteiger partial charge in [0, 0.05) is 19.8 Å². The van der Waals surface area contributed by atoms with Crippen molar-refractivity contribution >= 4 is 26.5 Å². The van der Waals surface area contributed by atoms with Gasteiger partial charge in [0.15, 0.2) is 14.4 Å². The van der Waals surface area contributed by atoms with E-state index in [2.05, 4.69) is 44.2 Å². The van der Waals surface area contributed by atoms with E-state index in [4.69, 9.17) is 23.4 Å². The van der Waals surface area contributed by atoms with Gasteiger partial charge in [-0.05, 0) is 110 Å². The Hall–Kier alpha value is -3.62. The molecule has 13 nitrogen and oxygen atoms in total. The fourth-order valence-electron chi connectivity index (χ4n) is 4.30. The van der Waals surface area contributed by atoms with Gasteiger partial charge in [0.25, 0.3) is 0 Å². The lowest BCUT2D eigenvalue weighted by molar-refractivity contribution is -0.166. The largest absolute Gasteiger partial charge is 0.490 e. The first-order valence-corrected chi connectivity index (χ1v) is 19.8. The lowest BCUT2D eigenvalue weighted by Gasteiger charge is -2.39. The minimum Gasteiger partial charge on any atom is -0.490 e. The van der Waals surface area contributed by atoms with E-state index in [0.717, 1.165) is 11.3 Å². The van der Waals surface area contributed by atoms with Crippen molar-refractivity contribution in [3.05, 3.63) is 36.1 Å². The lowest BCUT2D eigenvalue weighted by atomic mass is 10.1. The summed E-state index contributed by atoms with van der Waals surface area (Å²) in [5.41, 5.74) is -0.333. The maximum Gasteiger partial charge on any atom is 0.437 e. The zero-order valence-electron chi connectivity index (χ0n) is 32.7. The number of alkyl carbamates (subject to hydrolysis) is 1. The molecule has 0 aliphatic carbocycles. The van der Waals surface area contributed by atoms with Crippen LogP contribution in [0.1, 0.15) is 83.1 Å². The van der Waals surface area contributed by atoms with E-state index >= 15 is 0 Å². The maximum atomic E-state index is 13.0. The van der Waals surface area contributed by atoms with Crippen LogP contribution < -0.4 is 15.7 Å². The fraction of sp³-hybridized carbons (Fsp3) is 0.667. The maximum absolute atomic E-state index is 13.0. The van der Waals surface area contributed by atoms with Crippen molar-refractivity contribution in [3.8, 4) is 17.0 Å². The first-order chi connectivity index (χ1) is 22.6. The van der Waals surface area contributed by atoms with E-state index in [-0.39, 0.29) is 24.7 Å². The average molecular weight is 721 g/mol. The summed E-state index contributed by atoms with van der Waals surface area (Å²) in [5.74, 6) is -0.325. The molecular weight excluding hydrogens is 661 g/mol. The summed E-state index contributed by atoms with van der Waals surface area (Å²) in [7, 11) is -0.538. The Balaban J connectivity index is 2.50. The van der Waals surface area contributed by atoms with Crippen molar-refractivity contribution < 1.29 is 42.9 Å². The highest BCUT2D eigenvalue weighted by Gasteiger charge is 2.39. The van der Waals surface area contributed by atoms with Gasteiger partial charge in [0.1, 0.15) is 29.2 Å². The lowest BCUT2D eigenvalue weighted by Crippen LogP contribution is -2.49. The summed E-state index contributed by atoms with van der Waals surface area (Å²) >= 11 is 0. The summed E-state index contributed by atoms with van der Waals surface area (Å²) in [6.07, 6.45) is -1.38. The third-order valence-electron chi connectivity index (χ3n) is 7.56. The number of aliphatic hydroxyl groups excluding tert-OH is 1. The predicted octanol–water partition coefficient (Wildman–Crippen LogP) is 6.33. The molecule has 282 valence electrons. The van der Waals surface area contributed by atoms with Crippen LogP contribution in [0.15, 0.2) is 35.5 Å². The topological polar surface area (TPSA) is 152 Å². The SMILES string of the molecule is Cn1c(-c2ccc(OCC(O)C(=O)OC(C)(C)C)cc2)cn(CC(CNC(=O)OC(C)(C)C)O[Si](C)(C)C(C)(C)C)c1=NC(=O)OC(C)(C)C. The van der Waals surface area contributed by atoms with E-state index in [1.807, 2.05) is 22.9 Å². The first-order valence-electron chi connectivity index (χ1n) is 16.9. The van der Waals surface area contributed by atoms with Crippen molar-refractivity contribution in [3.63, 3.8) is 0 Å². The van der Waals surface area contributed by atoms with Crippen LogP contribution in [0.2, 0.25) is 18.1 Å². The number of amides is 2. The van der Waals surface area contributed by atoms with Crippen LogP contribution in [0, 0.1) is 0 Å². The number of rotatable bonds is 11. The molecule has 1 aromatic carbocycles. The van der Waals surface area contributed by atoms with E-state index in [1.165, 1.54) is 0 Å². The molecule has 2 unspecified atom stereocenters. The third kappa shape index (κ3) is 13.9. The molecule has 0 bridgehead atoms. The Kier molecular flexibility index (Phi) is 13.7. The molecule has 2 N–H and O–H groups in total. The zero-order chi connectivity index (χ0) is 38.5. The van der Waals surface area contributed by atoms with E-state index in [1.54, 1.807) is 86.1 Å². The normalized spacial score (nSPS) is 14.5. The van der Waals surface area contributed by atoms with Gasteiger partial charge in [0.05, 0.1) is 18.3 Å². The van der Waals surface area contributed by atoms with Gasteiger partial charge in [-0.25, -0.2) is 14.4 Å². The number of aromatic nitrogens is 2. The second kappa shape index (κ2) is 16.2. The van der Waals surface area contributed by atoms with Crippen LogP contribution >= 0.6 is 0 Å². The van der Waals surface area contributed by atoms with Gasteiger partial charge >= 0.3 is 18.2 Å². The number of carbonyl (C=O) groups is 3.